The van der Waals surface area contributed by atoms with Crippen molar-refractivity contribution in [1.82, 2.24) is 5.32 Å². The van der Waals surface area contributed by atoms with Crippen LogP contribution in [0.25, 0.3) is 0 Å². The van der Waals surface area contributed by atoms with Gasteiger partial charge in [-0.05, 0) is 65.9 Å². The van der Waals surface area contributed by atoms with Crippen LogP contribution < -0.4 is 20.5 Å². The summed E-state index contributed by atoms with van der Waals surface area (Å²) >= 11 is 3.53. The summed E-state index contributed by atoms with van der Waals surface area (Å²) in [4.78, 5) is 0. The quantitative estimate of drug-likeness (QED) is 0.771. The fourth-order valence-corrected chi connectivity index (χ4v) is 3.47. The smallest absolute Gasteiger partial charge is 0.231 e. The van der Waals surface area contributed by atoms with Crippen molar-refractivity contribution in [3.8, 4) is 11.5 Å². The van der Waals surface area contributed by atoms with Gasteiger partial charge in [0.1, 0.15) is 0 Å². The molecule has 1 heterocycles. The van der Waals surface area contributed by atoms with Crippen molar-refractivity contribution in [2.45, 2.75) is 31.7 Å². The van der Waals surface area contributed by atoms with Gasteiger partial charge in [-0.2, -0.15) is 0 Å². The maximum absolute atomic E-state index is 5.93. The number of ether oxygens (including phenoxy) is 2. The highest BCUT2D eigenvalue weighted by atomic mass is 79.9. The zero-order valence-electron chi connectivity index (χ0n) is 12.0. The van der Waals surface area contributed by atoms with Gasteiger partial charge >= 0.3 is 0 Å². The third-order valence-electron chi connectivity index (χ3n) is 4.06. The van der Waals surface area contributed by atoms with E-state index in [1.807, 2.05) is 6.07 Å². The third-order valence-corrected chi connectivity index (χ3v) is 4.65. The van der Waals surface area contributed by atoms with E-state index in [-0.39, 0.29) is 12.8 Å². The first-order valence-electron chi connectivity index (χ1n) is 7.48. The second-order valence-corrected chi connectivity index (χ2v) is 6.34. The van der Waals surface area contributed by atoms with Crippen LogP contribution in [0.4, 0.5) is 0 Å². The van der Waals surface area contributed by atoms with Crippen LogP contribution in [0.5, 0.6) is 11.5 Å². The number of allylic oxidation sites excluding steroid dienone is 1. The summed E-state index contributed by atoms with van der Waals surface area (Å²) in [7, 11) is 0. The van der Waals surface area contributed by atoms with Gasteiger partial charge in [0, 0.05) is 12.6 Å². The molecule has 0 bridgehead atoms. The molecule has 4 nitrogen and oxygen atoms in total. The predicted molar refractivity (Wildman–Crippen MR) is 86.6 cm³/mol. The number of nitrogens with one attached hydrogen (secondary N) is 1. The van der Waals surface area contributed by atoms with Crippen LogP contribution in [0.3, 0.4) is 0 Å². The number of fused-ring (bicyclic) bond motifs is 1. The number of hydrogen-bond acceptors (Lipinski definition) is 4. The van der Waals surface area contributed by atoms with Crippen molar-refractivity contribution in [1.29, 1.82) is 0 Å². The summed E-state index contributed by atoms with van der Waals surface area (Å²) < 4.78 is 11.8. The van der Waals surface area contributed by atoms with Gasteiger partial charge in [0.15, 0.2) is 11.5 Å². The molecule has 1 aromatic carbocycles. The topological polar surface area (TPSA) is 56.5 Å². The second kappa shape index (κ2) is 6.81. The van der Waals surface area contributed by atoms with Gasteiger partial charge in [0.25, 0.3) is 0 Å². The Morgan fingerprint density at radius 3 is 3.00 bits per heavy atom. The van der Waals surface area contributed by atoms with Crippen molar-refractivity contribution in [2.24, 2.45) is 5.73 Å². The second-order valence-electron chi connectivity index (χ2n) is 5.48. The highest BCUT2D eigenvalue weighted by Crippen LogP contribution is 2.41. The van der Waals surface area contributed by atoms with E-state index in [4.69, 9.17) is 15.2 Å². The molecule has 1 unspecified atom stereocenters. The van der Waals surface area contributed by atoms with Gasteiger partial charge in [0.2, 0.25) is 6.79 Å². The molecule has 0 radical (unpaired) electrons. The largest absolute Gasteiger partial charge is 0.454 e. The van der Waals surface area contributed by atoms with E-state index >= 15 is 0 Å². The molecule has 1 aromatic rings. The molecule has 2 aliphatic rings. The number of hydrogen-bond donors (Lipinski definition) is 2. The summed E-state index contributed by atoms with van der Waals surface area (Å²) in [6, 6.07) is 4.22. The first kappa shape index (κ1) is 14.9. The highest BCUT2D eigenvalue weighted by molar-refractivity contribution is 9.10. The molecule has 0 fully saturated rings. The minimum atomic E-state index is 0.137. The van der Waals surface area contributed by atoms with Gasteiger partial charge in [-0.3, -0.25) is 0 Å². The lowest BCUT2D eigenvalue weighted by Gasteiger charge is -2.18. The molecule has 5 heteroatoms. The Morgan fingerprint density at radius 1 is 1.33 bits per heavy atom. The lowest BCUT2D eigenvalue weighted by molar-refractivity contribution is 0.173. The van der Waals surface area contributed by atoms with Gasteiger partial charge < -0.3 is 20.5 Å². The molecule has 1 atom stereocenters. The molecule has 3 N–H and O–H groups in total. The Labute approximate surface area is 133 Å². The van der Waals surface area contributed by atoms with Crippen molar-refractivity contribution in [2.75, 3.05) is 19.9 Å². The van der Waals surface area contributed by atoms with Gasteiger partial charge in [-0.1, -0.05) is 11.6 Å². The fourth-order valence-electron chi connectivity index (χ4n) is 2.90. The van der Waals surface area contributed by atoms with E-state index in [0.29, 0.717) is 6.54 Å². The molecule has 1 aliphatic carbocycles. The molecule has 0 saturated heterocycles. The van der Waals surface area contributed by atoms with Crippen LogP contribution >= 0.6 is 15.9 Å². The molecule has 0 saturated carbocycles. The van der Waals surface area contributed by atoms with Crippen LogP contribution in [-0.4, -0.2) is 19.9 Å². The number of rotatable bonds is 6. The summed E-state index contributed by atoms with van der Waals surface area (Å²) in [6.45, 7) is 1.80. The fraction of sp³-hybridized carbons (Fsp3) is 0.500. The van der Waals surface area contributed by atoms with Gasteiger partial charge in [-0.25, -0.2) is 0 Å². The molecule has 114 valence electrons. The first-order valence-corrected chi connectivity index (χ1v) is 8.27. The van der Waals surface area contributed by atoms with Crippen LogP contribution in [0, 0.1) is 0 Å². The SMILES string of the molecule is NCC(NCCC1=CCCC1)c1cc(Br)c2c(c1)OCO2. The number of halogens is 1. The summed E-state index contributed by atoms with van der Waals surface area (Å²) in [5, 5.41) is 3.55. The van der Waals surface area contributed by atoms with E-state index < -0.39 is 0 Å². The minimum absolute atomic E-state index is 0.137. The van der Waals surface area contributed by atoms with Crippen LogP contribution in [0.1, 0.15) is 37.3 Å². The molecule has 3 rings (SSSR count). The van der Waals surface area contributed by atoms with Crippen LogP contribution in [-0.2, 0) is 0 Å². The molecule has 0 spiro atoms. The minimum Gasteiger partial charge on any atom is -0.454 e. The van der Waals surface area contributed by atoms with Gasteiger partial charge in [0.05, 0.1) is 4.47 Å². The van der Waals surface area contributed by atoms with Crippen molar-refractivity contribution in [3.05, 3.63) is 33.8 Å². The van der Waals surface area contributed by atoms with E-state index in [0.717, 1.165) is 34.5 Å². The normalized spacial score (nSPS) is 17.9. The molecule has 1 aliphatic heterocycles. The third kappa shape index (κ3) is 3.42. The van der Waals surface area contributed by atoms with E-state index in [1.54, 1.807) is 5.57 Å². The Balaban J connectivity index is 1.64. The summed E-state index contributed by atoms with van der Waals surface area (Å²) in [6.07, 6.45) is 7.29. The zero-order chi connectivity index (χ0) is 14.7. The van der Waals surface area contributed by atoms with Crippen molar-refractivity contribution < 1.29 is 9.47 Å². The van der Waals surface area contributed by atoms with Crippen molar-refractivity contribution in [3.63, 3.8) is 0 Å². The average molecular weight is 353 g/mol. The van der Waals surface area contributed by atoms with Crippen LogP contribution in [0.2, 0.25) is 0 Å². The maximum atomic E-state index is 5.93. The first-order chi connectivity index (χ1) is 10.3. The summed E-state index contributed by atoms with van der Waals surface area (Å²) in [5.41, 5.74) is 8.64. The van der Waals surface area contributed by atoms with E-state index in [2.05, 4.69) is 33.4 Å². The molecular weight excluding hydrogens is 332 g/mol. The van der Waals surface area contributed by atoms with Gasteiger partial charge in [-0.15, -0.1) is 0 Å². The number of nitrogens with two attached hydrogens (primary N) is 1. The average Bonchev–Trinajstić information content (AvgIpc) is 3.14. The predicted octanol–water partition coefficient (Wildman–Crippen LogP) is 3.27. The molecular formula is C16H21BrN2O2. The standard InChI is InChI=1S/C16H21BrN2O2/c17-13-7-12(8-15-16(13)21-10-20-15)14(9-18)19-6-5-11-3-1-2-4-11/h3,7-8,14,19H,1-2,4-6,9-10,18H2. The van der Waals surface area contributed by atoms with Crippen LogP contribution in [0.15, 0.2) is 28.3 Å². The molecule has 21 heavy (non-hydrogen) atoms. The monoisotopic (exact) mass is 352 g/mol. The molecule has 0 amide bonds. The zero-order valence-corrected chi connectivity index (χ0v) is 13.6. The maximum Gasteiger partial charge on any atom is 0.231 e. The van der Waals surface area contributed by atoms with E-state index in [9.17, 15) is 0 Å². The summed E-state index contributed by atoms with van der Waals surface area (Å²) in [5.74, 6) is 1.57. The Morgan fingerprint density at radius 2 is 2.24 bits per heavy atom. The Kier molecular flexibility index (Phi) is 4.83. The van der Waals surface area contributed by atoms with Crippen molar-refractivity contribution >= 4 is 15.9 Å². The highest BCUT2D eigenvalue weighted by Gasteiger charge is 2.20. The lowest BCUT2D eigenvalue weighted by atomic mass is 10.1. The Bertz CT molecular complexity index is 545. The molecule has 0 aromatic heterocycles. The number of benzene rings is 1. The van der Waals surface area contributed by atoms with E-state index in [1.165, 1.54) is 19.3 Å². The lowest BCUT2D eigenvalue weighted by Crippen LogP contribution is -2.29. The Hall–Kier alpha value is -1.04.